The lowest BCUT2D eigenvalue weighted by atomic mass is 9.95. The molecule has 3 N–H and O–H groups in total. The van der Waals surface area contributed by atoms with Crippen LogP contribution >= 0.6 is 0 Å². The molecular weight excluding hydrogens is 270 g/mol. The molecule has 6 nitrogen and oxygen atoms in total. The fraction of sp³-hybridized carbons (Fsp3) is 0.400. The van der Waals surface area contributed by atoms with E-state index in [1.807, 2.05) is 20.8 Å². The Morgan fingerprint density at radius 3 is 2.52 bits per heavy atom. The molecule has 2 rings (SSSR count). The van der Waals surface area contributed by atoms with Gasteiger partial charge < -0.3 is 15.4 Å². The van der Waals surface area contributed by atoms with Crippen LogP contribution in [0.3, 0.4) is 0 Å². The zero-order valence-corrected chi connectivity index (χ0v) is 12.4. The van der Waals surface area contributed by atoms with Gasteiger partial charge in [-0.3, -0.25) is 4.79 Å². The summed E-state index contributed by atoms with van der Waals surface area (Å²) in [6.45, 7) is 6.31. The van der Waals surface area contributed by atoms with Crippen LogP contribution in [0.1, 0.15) is 43.4 Å². The number of carbonyl (C=O) groups excluding carboxylic acids is 1. The SMILES string of the molecule is CC(C)(C)c1nc2cccc(C(=O)O)c2n1CCC(N)=O. The van der Waals surface area contributed by atoms with Crippen molar-refractivity contribution in [2.24, 2.45) is 5.73 Å². The highest BCUT2D eigenvalue weighted by Gasteiger charge is 2.25. The van der Waals surface area contributed by atoms with Gasteiger partial charge in [0.25, 0.3) is 0 Å². The van der Waals surface area contributed by atoms with Crippen LogP contribution in [0.2, 0.25) is 0 Å². The van der Waals surface area contributed by atoms with Gasteiger partial charge in [0.05, 0.1) is 16.6 Å². The quantitative estimate of drug-likeness (QED) is 0.898. The number of para-hydroxylation sites is 1. The molecule has 0 saturated heterocycles. The number of carboxylic acids is 1. The first-order valence-electron chi connectivity index (χ1n) is 6.73. The number of hydrogen-bond donors (Lipinski definition) is 2. The van der Waals surface area contributed by atoms with Crippen LogP contribution in [0.5, 0.6) is 0 Å². The molecule has 0 fully saturated rings. The Kier molecular flexibility index (Phi) is 3.72. The zero-order valence-electron chi connectivity index (χ0n) is 12.4. The van der Waals surface area contributed by atoms with Crippen molar-refractivity contribution in [1.82, 2.24) is 9.55 Å². The Morgan fingerprint density at radius 1 is 1.33 bits per heavy atom. The summed E-state index contributed by atoms with van der Waals surface area (Å²) in [5, 5.41) is 9.36. The normalized spacial score (nSPS) is 11.8. The zero-order chi connectivity index (χ0) is 15.8. The van der Waals surface area contributed by atoms with Gasteiger partial charge in [-0.25, -0.2) is 9.78 Å². The van der Waals surface area contributed by atoms with Gasteiger partial charge in [-0.05, 0) is 12.1 Å². The lowest BCUT2D eigenvalue weighted by molar-refractivity contribution is -0.118. The first kappa shape index (κ1) is 15.0. The number of benzene rings is 1. The van der Waals surface area contributed by atoms with Crippen molar-refractivity contribution in [3.63, 3.8) is 0 Å². The van der Waals surface area contributed by atoms with E-state index in [1.165, 1.54) is 0 Å². The maximum atomic E-state index is 11.4. The minimum absolute atomic E-state index is 0.141. The molecule has 1 heterocycles. The highest BCUT2D eigenvalue weighted by molar-refractivity contribution is 6.01. The van der Waals surface area contributed by atoms with Crippen molar-refractivity contribution in [2.45, 2.75) is 39.2 Å². The van der Waals surface area contributed by atoms with Crippen LogP contribution in [-0.2, 0) is 16.8 Å². The minimum Gasteiger partial charge on any atom is -0.478 e. The van der Waals surface area contributed by atoms with Gasteiger partial charge >= 0.3 is 5.97 Å². The number of carboxylic acid groups (broad SMARTS) is 1. The van der Waals surface area contributed by atoms with Crippen LogP contribution in [0.25, 0.3) is 11.0 Å². The van der Waals surface area contributed by atoms with Crippen molar-refractivity contribution in [2.75, 3.05) is 0 Å². The third-order valence-corrected chi connectivity index (χ3v) is 3.25. The summed E-state index contributed by atoms with van der Waals surface area (Å²) in [5.74, 6) is -0.696. The van der Waals surface area contributed by atoms with E-state index in [9.17, 15) is 14.7 Å². The molecule has 0 aliphatic carbocycles. The van der Waals surface area contributed by atoms with Gasteiger partial charge in [0.2, 0.25) is 5.91 Å². The van der Waals surface area contributed by atoms with E-state index in [0.29, 0.717) is 17.6 Å². The van der Waals surface area contributed by atoms with Crippen LogP contribution in [0.15, 0.2) is 18.2 Å². The summed E-state index contributed by atoms with van der Waals surface area (Å²) in [5.41, 5.74) is 6.28. The molecule has 0 unspecified atom stereocenters. The molecule has 6 heteroatoms. The minimum atomic E-state index is -1.01. The second-order valence-corrected chi connectivity index (χ2v) is 6.03. The van der Waals surface area contributed by atoms with Crippen molar-refractivity contribution >= 4 is 22.9 Å². The fourth-order valence-corrected chi connectivity index (χ4v) is 2.37. The Labute approximate surface area is 122 Å². The van der Waals surface area contributed by atoms with Crippen LogP contribution in [0.4, 0.5) is 0 Å². The predicted octanol–water partition coefficient (Wildman–Crippen LogP) is 1.91. The molecule has 1 aromatic carbocycles. The molecule has 0 spiro atoms. The molecule has 0 atom stereocenters. The van der Waals surface area contributed by atoms with E-state index < -0.39 is 11.9 Å². The Morgan fingerprint density at radius 2 is 2.00 bits per heavy atom. The smallest absolute Gasteiger partial charge is 0.337 e. The Bertz CT molecular complexity index is 711. The van der Waals surface area contributed by atoms with E-state index in [4.69, 9.17) is 5.73 Å². The van der Waals surface area contributed by atoms with Gasteiger partial charge in [-0.1, -0.05) is 26.8 Å². The monoisotopic (exact) mass is 289 g/mol. The number of aryl methyl sites for hydroxylation is 1. The lowest BCUT2D eigenvalue weighted by Gasteiger charge is -2.20. The number of amides is 1. The summed E-state index contributed by atoms with van der Waals surface area (Å²) in [7, 11) is 0. The summed E-state index contributed by atoms with van der Waals surface area (Å²) in [4.78, 5) is 27.1. The molecule has 21 heavy (non-hydrogen) atoms. The first-order valence-corrected chi connectivity index (χ1v) is 6.73. The molecule has 112 valence electrons. The molecule has 2 aromatic rings. The van der Waals surface area contributed by atoms with E-state index in [2.05, 4.69) is 4.98 Å². The summed E-state index contributed by atoms with van der Waals surface area (Å²) >= 11 is 0. The van der Waals surface area contributed by atoms with E-state index >= 15 is 0 Å². The number of rotatable bonds is 4. The number of carbonyl (C=O) groups is 2. The lowest BCUT2D eigenvalue weighted by Crippen LogP contribution is -2.22. The summed E-state index contributed by atoms with van der Waals surface area (Å²) in [6.07, 6.45) is 0.141. The predicted molar refractivity (Wildman–Crippen MR) is 79.2 cm³/mol. The molecular formula is C15H19N3O3. The van der Waals surface area contributed by atoms with Gasteiger partial charge in [-0.2, -0.15) is 0 Å². The standard InChI is InChI=1S/C15H19N3O3/c1-15(2,3)14-17-10-6-4-5-9(13(20)21)12(10)18(14)8-7-11(16)19/h4-6H,7-8H2,1-3H3,(H2,16,19)(H,20,21). The number of imidazole rings is 1. The maximum absolute atomic E-state index is 11.4. The average Bonchev–Trinajstić information content (AvgIpc) is 2.74. The molecule has 1 amide bonds. The van der Waals surface area contributed by atoms with Crippen LogP contribution < -0.4 is 5.73 Å². The third-order valence-electron chi connectivity index (χ3n) is 3.25. The highest BCUT2D eigenvalue weighted by atomic mass is 16.4. The van der Waals surface area contributed by atoms with Gasteiger partial charge in [0.15, 0.2) is 0 Å². The van der Waals surface area contributed by atoms with Crippen LogP contribution in [0, 0.1) is 0 Å². The molecule has 0 bridgehead atoms. The summed E-state index contributed by atoms with van der Waals surface area (Å²) < 4.78 is 1.80. The first-order chi connectivity index (χ1) is 9.71. The number of fused-ring (bicyclic) bond motifs is 1. The molecule has 0 aliphatic heterocycles. The van der Waals surface area contributed by atoms with E-state index in [1.54, 1.807) is 22.8 Å². The highest BCUT2D eigenvalue weighted by Crippen LogP contribution is 2.28. The maximum Gasteiger partial charge on any atom is 0.337 e. The molecule has 0 saturated carbocycles. The van der Waals surface area contributed by atoms with Gasteiger partial charge in [0.1, 0.15) is 5.82 Å². The van der Waals surface area contributed by atoms with E-state index in [0.717, 1.165) is 5.82 Å². The van der Waals surface area contributed by atoms with Crippen molar-refractivity contribution in [3.8, 4) is 0 Å². The number of nitrogens with zero attached hydrogens (tertiary/aromatic N) is 2. The number of aromatic nitrogens is 2. The van der Waals surface area contributed by atoms with Crippen molar-refractivity contribution in [3.05, 3.63) is 29.6 Å². The second-order valence-electron chi connectivity index (χ2n) is 6.03. The van der Waals surface area contributed by atoms with E-state index in [-0.39, 0.29) is 17.4 Å². The molecule has 0 aliphatic rings. The van der Waals surface area contributed by atoms with Crippen LogP contribution in [-0.4, -0.2) is 26.5 Å². The largest absolute Gasteiger partial charge is 0.478 e. The summed E-state index contributed by atoms with van der Waals surface area (Å²) in [6, 6.07) is 4.99. The number of primary amides is 1. The third kappa shape index (κ3) is 2.89. The van der Waals surface area contributed by atoms with Gasteiger partial charge in [0, 0.05) is 18.4 Å². The number of hydrogen-bond acceptors (Lipinski definition) is 3. The van der Waals surface area contributed by atoms with Crippen molar-refractivity contribution < 1.29 is 14.7 Å². The molecule has 0 radical (unpaired) electrons. The number of nitrogens with two attached hydrogens (primary N) is 1. The fourth-order valence-electron chi connectivity index (χ4n) is 2.37. The molecule has 1 aromatic heterocycles. The topological polar surface area (TPSA) is 98.2 Å². The second kappa shape index (κ2) is 5.20. The average molecular weight is 289 g/mol. The van der Waals surface area contributed by atoms with Gasteiger partial charge in [-0.15, -0.1) is 0 Å². The number of aromatic carboxylic acids is 1. The Balaban J connectivity index is 2.73. The Hall–Kier alpha value is -2.37. The van der Waals surface area contributed by atoms with Crippen molar-refractivity contribution in [1.29, 1.82) is 0 Å².